The van der Waals surface area contributed by atoms with Crippen molar-refractivity contribution in [3.63, 3.8) is 0 Å². The van der Waals surface area contributed by atoms with Crippen molar-refractivity contribution in [3.8, 4) is 0 Å². The van der Waals surface area contributed by atoms with Crippen molar-refractivity contribution >= 4 is 11.5 Å². The Hall–Kier alpha value is -2.47. The molecule has 112 valence electrons. The Balaban J connectivity index is 1.57. The van der Waals surface area contributed by atoms with Crippen LogP contribution in [0.25, 0.3) is 5.65 Å². The summed E-state index contributed by atoms with van der Waals surface area (Å²) in [6.07, 6.45) is 11.4. The van der Waals surface area contributed by atoms with E-state index in [-0.39, 0.29) is 12.0 Å². The topological polar surface area (TPSA) is 66.5 Å². The minimum Gasteiger partial charge on any atom is -0.391 e. The zero-order valence-corrected chi connectivity index (χ0v) is 12.1. The summed E-state index contributed by atoms with van der Waals surface area (Å²) in [5, 5.41) is 10.4. The van der Waals surface area contributed by atoms with Gasteiger partial charge in [0.1, 0.15) is 5.82 Å². The largest absolute Gasteiger partial charge is 0.391 e. The van der Waals surface area contributed by atoms with Crippen LogP contribution in [0.4, 0.5) is 5.82 Å². The van der Waals surface area contributed by atoms with E-state index in [2.05, 4.69) is 19.9 Å². The number of aliphatic hydroxyl groups is 1. The first-order valence-electron chi connectivity index (χ1n) is 7.40. The number of imidazole rings is 1. The fourth-order valence-corrected chi connectivity index (χ4v) is 3.13. The SMILES string of the molecule is O[C@@H]1CN(c2cncc3nccn23)C[C@H]1Cc1ccncc1. The van der Waals surface area contributed by atoms with Crippen LogP contribution in [-0.4, -0.2) is 43.7 Å². The summed E-state index contributed by atoms with van der Waals surface area (Å²) in [4.78, 5) is 14.7. The van der Waals surface area contributed by atoms with E-state index in [0.29, 0.717) is 6.54 Å². The van der Waals surface area contributed by atoms with Gasteiger partial charge in [-0.2, -0.15) is 0 Å². The van der Waals surface area contributed by atoms with E-state index in [0.717, 1.165) is 24.4 Å². The van der Waals surface area contributed by atoms with Gasteiger partial charge in [-0.05, 0) is 24.1 Å². The molecule has 1 aliphatic rings. The lowest BCUT2D eigenvalue weighted by Crippen LogP contribution is -2.23. The number of nitrogens with zero attached hydrogens (tertiary/aromatic N) is 5. The molecule has 4 heterocycles. The second kappa shape index (κ2) is 5.38. The number of pyridine rings is 1. The average Bonchev–Trinajstić information content (AvgIpc) is 3.15. The van der Waals surface area contributed by atoms with Crippen molar-refractivity contribution in [1.29, 1.82) is 0 Å². The summed E-state index contributed by atoms with van der Waals surface area (Å²) in [5.41, 5.74) is 2.03. The number of aliphatic hydroxyl groups excluding tert-OH is 1. The molecule has 3 aromatic heterocycles. The molecule has 1 N–H and O–H groups in total. The standard InChI is InChI=1S/C16H17N5O/c22-14-11-20(10-13(14)7-12-1-3-17-4-2-12)16-9-18-8-15-19-5-6-21(15)16/h1-6,8-9,13-14,22H,7,10-11H2/t13-,14-/m1/s1. The summed E-state index contributed by atoms with van der Waals surface area (Å²) in [6.45, 7) is 1.43. The molecule has 1 aliphatic heterocycles. The summed E-state index contributed by atoms with van der Waals surface area (Å²) >= 11 is 0. The predicted octanol–water partition coefficient (Wildman–Crippen LogP) is 1.16. The molecular formula is C16H17N5O. The molecule has 1 saturated heterocycles. The van der Waals surface area contributed by atoms with Crippen molar-refractivity contribution in [2.45, 2.75) is 12.5 Å². The molecule has 0 amide bonds. The van der Waals surface area contributed by atoms with Gasteiger partial charge in [0.2, 0.25) is 0 Å². The van der Waals surface area contributed by atoms with Crippen LogP contribution >= 0.6 is 0 Å². The Morgan fingerprint density at radius 3 is 2.82 bits per heavy atom. The molecule has 3 aromatic rings. The Labute approximate surface area is 128 Å². The number of aromatic nitrogens is 4. The maximum absolute atomic E-state index is 10.4. The van der Waals surface area contributed by atoms with E-state index in [1.165, 1.54) is 5.56 Å². The van der Waals surface area contributed by atoms with E-state index >= 15 is 0 Å². The number of anilines is 1. The highest BCUT2D eigenvalue weighted by Gasteiger charge is 2.32. The number of fused-ring (bicyclic) bond motifs is 1. The van der Waals surface area contributed by atoms with Crippen LogP contribution in [0.2, 0.25) is 0 Å². The molecule has 0 radical (unpaired) electrons. The number of rotatable bonds is 3. The van der Waals surface area contributed by atoms with Crippen LogP contribution in [0, 0.1) is 5.92 Å². The van der Waals surface area contributed by atoms with Gasteiger partial charge in [0, 0.05) is 43.8 Å². The van der Waals surface area contributed by atoms with E-state index in [4.69, 9.17) is 0 Å². The lowest BCUT2D eigenvalue weighted by atomic mass is 9.97. The van der Waals surface area contributed by atoms with Gasteiger partial charge < -0.3 is 10.0 Å². The molecule has 0 aliphatic carbocycles. The van der Waals surface area contributed by atoms with Gasteiger partial charge in [0.05, 0.1) is 18.5 Å². The van der Waals surface area contributed by atoms with Gasteiger partial charge in [-0.25, -0.2) is 4.98 Å². The molecule has 4 rings (SSSR count). The first kappa shape index (κ1) is 13.2. The minimum absolute atomic E-state index is 0.209. The second-order valence-corrected chi connectivity index (χ2v) is 5.71. The molecule has 6 heteroatoms. The average molecular weight is 295 g/mol. The molecule has 2 atom stereocenters. The third kappa shape index (κ3) is 2.31. The fraction of sp³-hybridized carbons (Fsp3) is 0.312. The molecule has 0 unspecified atom stereocenters. The van der Waals surface area contributed by atoms with E-state index < -0.39 is 0 Å². The first-order valence-corrected chi connectivity index (χ1v) is 7.40. The maximum Gasteiger partial charge on any atom is 0.156 e. The smallest absolute Gasteiger partial charge is 0.156 e. The van der Waals surface area contributed by atoms with Crippen LogP contribution in [0.1, 0.15) is 5.56 Å². The van der Waals surface area contributed by atoms with Crippen molar-refractivity contribution in [2.24, 2.45) is 5.92 Å². The van der Waals surface area contributed by atoms with Gasteiger partial charge in [0.15, 0.2) is 5.65 Å². The maximum atomic E-state index is 10.4. The predicted molar refractivity (Wildman–Crippen MR) is 82.6 cm³/mol. The first-order chi connectivity index (χ1) is 10.8. The molecule has 1 fully saturated rings. The fourth-order valence-electron chi connectivity index (χ4n) is 3.13. The van der Waals surface area contributed by atoms with Gasteiger partial charge in [0.25, 0.3) is 0 Å². The van der Waals surface area contributed by atoms with E-state index in [9.17, 15) is 5.11 Å². The molecule has 0 saturated carbocycles. The second-order valence-electron chi connectivity index (χ2n) is 5.71. The van der Waals surface area contributed by atoms with Crippen molar-refractivity contribution in [3.05, 3.63) is 54.9 Å². The quantitative estimate of drug-likeness (QED) is 0.785. The Kier molecular flexibility index (Phi) is 3.23. The van der Waals surface area contributed by atoms with Crippen LogP contribution in [0.3, 0.4) is 0 Å². The molecule has 6 nitrogen and oxygen atoms in total. The lowest BCUT2D eigenvalue weighted by Gasteiger charge is -2.19. The van der Waals surface area contributed by atoms with Gasteiger partial charge >= 0.3 is 0 Å². The third-order valence-electron chi connectivity index (χ3n) is 4.27. The summed E-state index contributed by atoms with van der Waals surface area (Å²) in [7, 11) is 0. The molecule has 22 heavy (non-hydrogen) atoms. The summed E-state index contributed by atoms with van der Waals surface area (Å²) in [6, 6.07) is 4.01. The van der Waals surface area contributed by atoms with Gasteiger partial charge in [-0.3, -0.25) is 14.4 Å². The summed E-state index contributed by atoms with van der Waals surface area (Å²) in [5.74, 6) is 1.19. The third-order valence-corrected chi connectivity index (χ3v) is 4.27. The Morgan fingerprint density at radius 1 is 1.09 bits per heavy atom. The highest BCUT2D eigenvalue weighted by molar-refractivity contribution is 5.49. The molecular weight excluding hydrogens is 278 g/mol. The zero-order valence-electron chi connectivity index (χ0n) is 12.1. The number of hydrogen-bond acceptors (Lipinski definition) is 5. The zero-order chi connectivity index (χ0) is 14.9. The van der Waals surface area contributed by atoms with Crippen LogP contribution in [0.5, 0.6) is 0 Å². The highest BCUT2D eigenvalue weighted by atomic mass is 16.3. The van der Waals surface area contributed by atoms with E-state index in [1.54, 1.807) is 24.8 Å². The van der Waals surface area contributed by atoms with Crippen LogP contribution < -0.4 is 4.90 Å². The lowest BCUT2D eigenvalue weighted by molar-refractivity contribution is 0.148. The van der Waals surface area contributed by atoms with Gasteiger partial charge in [-0.1, -0.05) is 0 Å². The Bertz CT molecular complexity index is 772. The van der Waals surface area contributed by atoms with Crippen molar-refractivity contribution < 1.29 is 5.11 Å². The molecule has 0 bridgehead atoms. The minimum atomic E-state index is -0.341. The summed E-state index contributed by atoms with van der Waals surface area (Å²) < 4.78 is 2.01. The Morgan fingerprint density at radius 2 is 1.95 bits per heavy atom. The van der Waals surface area contributed by atoms with Crippen LogP contribution in [-0.2, 0) is 6.42 Å². The molecule has 0 aromatic carbocycles. The molecule has 0 spiro atoms. The monoisotopic (exact) mass is 295 g/mol. The van der Waals surface area contributed by atoms with E-state index in [1.807, 2.05) is 28.9 Å². The number of hydrogen-bond donors (Lipinski definition) is 1. The highest BCUT2D eigenvalue weighted by Crippen LogP contribution is 2.26. The van der Waals surface area contributed by atoms with Gasteiger partial charge in [-0.15, -0.1) is 0 Å². The van der Waals surface area contributed by atoms with Crippen LogP contribution in [0.15, 0.2) is 49.3 Å². The number of β-amino-alcohol motifs (C(OH)–C–C–N with tert-alkyl or cyclic N) is 1. The van der Waals surface area contributed by atoms with Crippen molar-refractivity contribution in [2.75, 3.05) is 18.0 Å². The van der Waals surface area contributed by atoms with Crippen molar-refractivity contribution in [1.82, 2.24) is 19.4 Å². The normalized spacial score (nSPS) is 21.6.